The number of hydrogen-bond acceptors (Lipinski definition) is 1. The third kappa shape index (κ3) is 2.26. The van der Waals surface area contributed by atoms with Crippen LogP contribution in [0.2, 0.25) is 0 Å². The summed E-state index contributed by atoms with van der Waals surface area (Å²) in [7, 11) is 0. The summed E-state index contributed by atoms with van der Waals surface area (Å²) in [6.45, 7) is 16.1. The maximum absolute atomic E-state index is 5.05. The molecule has 1 rings (SSSR count). The summed E-state index contributed by atoms with van der Waals surface area (Å²) in [4.78, 5) is 5.05. The van der Waals surface area contributed by atoms with E-state index < -0.39 is 0 Å². The maximum atomic E-state index is 5.05. The summed E-state index contributed by atoms with van der Waals surface area (Å²) in [5, 5.41) is 0. The van der Waals surface area contributed by atoms with Gasteiger partial charge in [-0.2, -0.15) is 0 Å². The van der Waals surface area contributed by atoms with Gasteiger partial charge < -0.3 is 0 Å². The highest BCUT2D eigenvalue weighted by atomic mass is 15.0. The minimum absolute atomic E-state index is 0.213. The molecule has 1 atom stereocenters. The van der Waals surface area contributed by atoms with E-state index in [0.29, 0.717) is 5.41 Å². The van der Waals surface area contributed by atoms with Gasteiger partial charge in [0.15, 0.2) is 0 Å². The summed E-state index contributed by atoms with van der Waals surface area (Å²) in [6.07, 6.45) is 3.51. The fraction of sp³-hybridized carbons (Fsp3) is 0.929. The van der Waals surface area contributed by atoms with Crippen LogP contribution in [-0.4, -0.2) is 11.3 Å². The third-order valence-electron chi connectivity index (χ3n) is 4.50. The molecule has 1 unspecified atom stereocenters. The first-order valence-electron chi connectivity index (χ1n) is 6.28. The van der Waals surface area contributed by atoms with E-state index >= 15 is 0 Å². The number of nitrogens with zero attached hydrogens (tertiary/aromatic N) is 1. The summed E-state index contributed by atoms with van der Waals surface area (Å²) in [6, 6.07) is 0. The van der Waals surface area contributed by atoms with Crippen LogP contribution >= 0.6 is 0 Å². The Bertz CT molecular complexity index is 273. The quantitative estimate of drug-likeness (QED) is 0.606. The van der Waals surface area contributed by atoms with Crippen molar-refractivity contribution in [1.82, 2.24) is 0 Å². The zero-order chi connectivity index (χ0) is 11.9. The average molecular weight is 209 g/mol. The molecule has 0 heterocycles. The largest absolute Gasteiger partial charge is 0.287 e. The molecular formula is C14H27N. The molecule has 0 N–H and O–H groups in total. The van der Waals surface area contributed by atoms with Crippen molar-refractivity contribution >= 4 is 5.71 Å². The lowest BCUT2D eigenvalue weighted by Gasteiger charge is -2.26. The molecule has 0 aromatic carbocycles. The Morgan fingerprint density at radius 2 is 1.67 bits per heavy atom. The molecule has 0 aromatic rings. The Labute approximate surface area is 95.4 Å². The van der Waals surface area contributed by atoms with Crippen molar-refractivity contribution in [2.75, 3.05) is 0 Å². The van der Waals surface area contributed by atoms with Gasteiger partial charge in [0.2, 0.25) is 0 Å². The van der Waals surface area contributed by atoms with E-state index in [4.69, 9.17) is 4.99 Å². The predicted molar refractivity (Wildman–Crippen MR) is 68.6 cm³/mol. The molecule has 0 amide bonds. The second-order valence-corrected chi connectivity index (χ2v) is 6.48. The van der Waals surface area contributed by atoms with Crippen molar-refractivity contribution in [3.05, 3.63) is 0 Å². The minimum Gasteiger partial charge on any atom is -0.287 e. The van der Waals surface area contributed by atoms with Gasteiger partial charge >= 0.3 is 0 Å². The van der Waals surface area contributed by atoms with Crippen LogP contribution in [0.3, 0.4) is 0 Å². The molecule has 1 aliphatic rings. The molecule has 0 radical (unpaired) electrons. The fourth-order valence-electron chi connectivity index (χ4n) is 2.22. The molecule has 1 heteroatoms. The van der Waals surface area contributed by atoms with Crippen LogP contribution in [0.15, 0.2) is 4.99 Å². The molecule has 1 aliphatic carbocycles. The van der Waals surface area contributed by atoms with Crippen LogP contribution in [0.4, 0.5) is 0 Å². The Kier molecular flexibility index (Phi) is 3.06. The molecule has 15 heavy (non-hydrogen) atoms. The second kappa shape index (κ2) is 3.61. The lowest BCUT2D eigenvalue weighted by atomic mass is 9.83. The van der Waals surface area contributed by atoms with Gasteiger partial charge in [0.25, 0.3) is 0 Å². The molecule has 0 aliphatic heterocycles. The van der Waals surface area contributed by atoms with Gasteiger partial charge in [-0.25, -0.2) is 0 Å². The first kappa shape index (κ1) is 12.7. The topological polar surface area (TPSA) is 12.4 Å². The molecule has 0 spiro atoms. The molecule has 0 bridgehead atoms. The standard InChI is InChI=1S/C14H27N/c1-8-11(12(3,4)9-2)15-14(7)10-13(14,5)6/h8-10H2,1-7H3. The smallest absolute Gasteiger partial charge is 0.0637 e. The van der Waals surface area contributed by atoms with Gasteiger partial charge in [0, 0.05) is 11.1 Å². The number of hydrogen-bond donors (Lipinski definition) is 0. The minimum atomic E-state index is 0.213. The lowest BCUT2D eigenvalue weighted by molar-refractivity contribution is 0.473. The third-order valence-corrected chi connectivity index (χ3v) is 4.50. The first-order chi connectivity index (χ1) is 6.68. The van der Waals surface area contributed by atoms with Crippen molar-refractivity contribution in [2.24, 2.45) is 15.8 Å². The van der Waals surface area contributed by atoms with Gasteiger partial charge in [0.05, 0.1) is 5.54 Å². The monoisotopic (exact) mass is 209 g/mol. The van der Waals surface area contributed by atoms with E-state index in [-0.39, 0.29) is 11.0 Å². The highest BCUT2D eigenvalue weighted by molar-refractivity contribution is 5.90. The fourth-order valence-corrected chi connectivity index (χ4v) is 2.22. The maximum Gasteiger partial charge on any atom is 0.0637 e. The van der Waals surface area contributed by atoms with Crippen molar-refractivity contribution in [1.29, 1.82) is 0 Å². The van der Waals surface area contributed by atoms with Crippen LogP contribution in [-0.2, 0) is 0 Å². The van der Waals surface area contributed by atoms with Crippen LogP contribution in [0, 0.1) is 10.8 Å². The van der Waals surface area contributed by atoms with Gasteiger partial charge in [0.1, 0.15) is 0 Å². The molecule has 1 nitrogen and oxygen atoms in total. The highest BCUT2D eigenvalue weighted by Gasteiger charge is 2.58. The predicted octanol–water partition coefficient (Wildman–Crippen LogP) is 4.46. The van der Waals surface area contributed by atoms with Crippen LogP contribution in [0.5, 0.6) is 0 Å². The average Bonchev–Trinajstić information content (AvgIpc) is 2.62. The summed E-state index contributed by atoms with van der Waals surface area (Å²) in [5.41, 5.74) is 2.30. The van der Waals surface area contributed by atoms with Crippen LogP contribution in [0.1, 0.15) is 67.7 Å². The number of aliphatic imine (C=N–C) groups is 1. The summed E-state index contributed by atoms with van der Waals surface area (Å²) >= 11 is 0. The molecule has 88 valence electrons. The zero-order valence-corrected chi connectivity index (χ0v) is 11.6. The van der Waals surface area contributed by atoms with Crippen LogP contribution in [0.25, 0.3) is 0 Å². The molecule has 0 aromatic heterocycles. The van der Waals surface area contributed by atoms with E-state index in [9.17, 15) is 0 Å². The van der Waals surface area contributed by atoms with E-state index in [0.717, 1.165) is 6.42 Å². The molecule has 1 saturated carbocycles. The second-order valence-electron chi connectivity index (χ2n) is 6.48. The van der Waals surface area contributed by atoms with Crippen molar-refractivity contribution in [3.8, 4) is 0 Å². The van der Waals surface area contributed by atoms with Crippen molar-refractivity contribution in [3.63, 3.8) is 0 Å². The van der Waals surface area contributed by atoms with Gasteiger partial charge in [-0.1, -0.05) is 41.5 Å². The van der Waals surface area contributed by atoms with Crippen molar-refractivity contribution < 1.29 is 0 Å². The number of rotatable bonds is 4. The first-order valence-corrected chi connectivity index (χ1v) is 6.28. The Hall–Kier alpha value is -0.330. The van der Waals surface area contributed by atoms with Gasteiger partial charge in [-0.3, -0.25) is 4.99 Å². The highest BCUT2D eigenvalue weighted by Crippen LogP contribution is 2.58. The molecular weight excluding hydrogens is 182 g/mol. The van der Waals surface area contributed by atoms with Gasteiger partial charge in [-0.15, -0.1) is 0 Å². The molecule has 0 saturated heterocycles. The normalized spacial score (nSPS) is 30.5. The Morgan fingerprint density at radius 3 is 1.93 bits per heavy atom. The van der Waals surface area contributed by atoms with E-state index in [1.54, 1.807) is 0 Å². The summed E-state index contributed by atoms with van der Waals surface area (Å²) in [5.74, 6) is 0. The van der Waals surface area contributed by atoms with E-state index in [1.807, 2.05) is 0 Å². The van der Waals surface area contributed by atoms with Crippen LogP contribution < -0.4 is 0 Å². The van der Waals surface area contributed by atoms with E-state index in [1.165, 1.54) is 18.6 Å². The summed E-state index contributed by atoms with van der Waals surface area (Å²) < 4.78 is 0. The SMILES string of the molecule is CCC(=NC1(C)CC1(C)C)C(C)(C)CC. The van der Waals surface area contributed by atoms with Crippen molar-refractivity contribution in [2.45, 2.75) is 73.3 Å². The molecule has 1 fully saturated rings. The Morgan fingerprint density at radius 1 is 1.20 bits per heavy atom. The van der Waals surface area contributed by atoms with Gasteiger partial charge in [-0.05, 0) is 31.6 Å². The Balaban J connectivity index is 2.90. The lowest BCUT2D eigenvalue weighted by Crippen LogP contribution is -2.25. The zero-order valence-electron chi connectivity index (χ0n) is 11.6. The van der Waals surface area contributed by atoms with E-state index in [2.05, 4.69) is 48.5 Å².